The van der Waals surface area contributed by atoms with E-state index >= 15 is 0 Å². The van der Waals surface area contributed by atoms with E-state index in [1.54, 1.807) is 23.2 Å². The number of carbonyl (C=O) groups is 3. The van der Waals surface area contributed by atoms with E-state index in [1.807, 2.05) is 13.8 Å². The van der Waals surface area contributed by atoms with Gasteiger partial charge in [0.25, 0.3) is 11.8 Å². The highest BCUT2D eigenvalue weighted by molar-refractivity contribution is 6.05. The van der Waals surface area contributed by atoms with Gasteiger partial charge in [0.2, 0.25) is 0 Å². The van der Waals surface area contributed by atoms with Crippen LogP contribution >= 0.6 is 0 Å². The molecule has 2 fully saturated rings. The number of likely N-dealkylation sites (N-methyl/N-ethyl adjacent to an activating group) is 1. The van der Waals surface area contributed by atoms with E-state index in [0.29, 0.717) is 24.5 Å². The lowest BCUT2D eigenvalue weighted by molar-refractivity contribution is -0.128. The van der Waals surface area contributed by atoms with Crippen LogP contribution in [-0.2, 0) is 4.79 Å². The van der Waals surface area contributed by atoms with Crippen LogP contribution in [0.3, 0.4) is 0 Å². The maximum atomic E-state index is 12.9. The van der Waals surface area contributed by atoms with Crippen LogP contribution in [0.1, 0.15) is 24.2 Å². The number of anilines is 1. The molecule has 8 heteroatoms. The van der Waals surface area contributed by atoms with Gasteiger partial charge in [-0.1, -0.05) is 0 Å². The largest absolute Gasteiger partial charge is 0.367 e. The normalized spacial score (nSPS) is 20.7. The van der Waals surface area contributed by atoms with Crippen molar-refractivity contribution in [2.24, 2.45) is 0 Å². The number of piperazine rings is 1. The lowest BCUT2D eigenvalue weighted by atomic mass is 10.1. The zero-order chi connectivity index (χ0) is 17.4. The van der Waals surface area contributed by atoms with E-state index in [9.17, 15) is 14.4 Å². The molecule has 8 nitrogen and oxygen atoms in total. The van der Waals surface area contributed by atoms with E-state index in [2.05, 4.69) is 10.3 Å². The highest BCUT2D eigenvalue weighted by Crippen LogP contribution is 2.23. The van der Waals surface area contributed by atoms with Crippen molar-refractivity contribution in [3.8, 4) is 0 Å². The Balaban J connectivity index is 1.80. The number of rotatable bonds is 3. The van der Waals surface area contributed by atoms with Crippen LogP contribution in [0.5, 0.6) is 0 Å². The van der Waals surface area contributed by atoms with Gasteiger partial charge in [-0.25, -0.2) is 9.78 Å². The summed E-state index contributed by atoms with van der Waals surface area (Å²) in [6.45, 7) is 4.92. The maximum absolute atomic E-state index is 12.9. The Kier molecular flexibility index (Phi) is 4.13. The Bertz CT molecular complexity index is 690. The van der Waals surface area contributed by atoms with Crippen molar-refractivity contribution in [2.45, 2.75) is 25.9 Å². The molecule has 24 heavy (non-hydrogen) atoms. The van der Waals surface area contributed by atoms with E-state index in [0.717, 1.165) is 4.90 Å². The van der Waals surface area contributed by atoms with Gasteiger partial charge in [0.15, 0.2) is 0 Å². The number of carbonyl (C=O) groups excluding carboxylic acids is 3. The van der Waals surface area contributed by atoms with Gasteiger partial charge in [-0.2, -0.15) is 0 Å². The monoisotopic (exact) mass is 331 g/mol. The third-order valence-corrected chi connectivity index (χ3v) is 4.28. The third kappa shape index (κ3) is 2.68. The van der Waals surface area contributed by atoms with Crippen molar-refractivity contribution < 1.29 is 14.4 Å². The van der Waals surface area contributed by atoms with E-state index in [1.165, 1.54) is 11.9 Å². The summed E-state index contributed by atoms with van der Waals surface area (Å²) in [6, 6.07) is 2.71. The van der Waals surface area contributed by atoms with Gasteiger partial charge in [0.1, 0.15) is 11.9 Å². The average molecular weight is 331 g/mol. The molecule has 0 bridgehead atoms. The second-order valence-corrected chi connectivity index (χ2v) is 6.34. The molecule has 2 aliphatic heterocycles. The Morgan fingerprint density at radius 2 is 2.08 bits per heavy atom. The molecule has 0 aromatic carbocycles. The molecule has 1 atom stereocenters. The molecule has 3 rings (SSSR count). The molecule has 128 valence electrons. The number of imide groups is 1. The first-order chi connectivity index (χ1) is 11.4. The number of nitrogens with one attached hydrogen (secondary N) is 1. The highest BCUT2D eigenvalue weighted by atomic mass is 16.2. The molecule has 0 radical (unpaired) electrons. The number of amides is 4. The number of hydrogen-bond donors (Lipinski definition) is 1. The summed E-state index contributed by atoms with van der Waals surface area (Å²) in [5, 5.41) is 3.16. The number of nitrogens with zero attached hydrogens (tertiary/aromatic N) is 4. The van der Waals surface area contributed by atoms with Crippen molar-refractivity contribution in [3.05, 3.63) is 23.9 Å². The van der Waals surface area contributed by atoms with E-state index in [-0.39, 0.29) is 30.4 Å². The van der Waals surface area contributed by atoms with Crippen LogP contribution in [-0.4, -0.2) is 76.3 Å². The lowest BCUT2D eigenvalue weighted by Gasteiger charge is -2.35. The first-order valence-corrected chi connectivity index (χ1v) is 7.99. The molecule has 1 aromatic heterocycles. The quantitative estimate of drug-likeness (QED) is 0.821. The van der Waals surface area contributed by atoms with Crippen LogP contribution in [0.15, 0.2) is 18.3 Å². The SMILES string of the molecule is CC(C)Nc1ncccc1C(=O)N1CCN2C(=O)N(C)C(=O)C2C1. The summed E-state index contributed by atoms with van der Waals surface area (Å²) in [4.78, 5) is 45.5. The molecule has 2 saturated heterocycles. The molecular weight excluding hydrogens is 310 g/mol. The zero-order valence-electron chi connectivity index (χ0n) is 14.0. The van der Waals surface area contributed by atoms with Gasteiger partial charge < -0.3 is 15.1 Å². The first kappa shape index (κ1) is 16.2. The van der Waals surface area contributed by atoms with Crippen LogP contribution in [0.25, 0.3) is 0 Å². The van der Waals surface area contributed by atoms with Gasteiger partial charge in [0, 0.05) is 32.4 Å². The number of urea groups is 1. The first-order valence-electron chi connectivity index (χ1n) is 7.99. The standard InChI is InChI=1S/C16H21N5O3/c1-10(2)18-13-11(5-4-6-17-13)14(22)20-7-8-21-12(9-20)15(23)19(3)16(21)24/h4-6,10,12H,7-9H2,1-3H3,(H,17,18). The Morgan fingerprint density at radius 3 is 2.79 bits per heavy atom. The fraction of sp³-hybridized carbons (Fsp3) is 0.500. The molecule has 2 aliphatic rings. The van der Waals surface area contributed by atoms with E-state index in [4.69, 9.17) is 0 Å². The molecular formula is C16H21N5O3. The number of fused-ring (bicyclic) bond motifs is 1. The molecule has 1 unspecified atom stereocenters. The van der Waals surface area contributed by atoms with Crippen LogP contribution < -0.4 is 5.32 Å². The number of pyridine rings is 1. The van der Waals surface area contributed by atoms with E-state index < -0.39 is 6.04 Å². The van der Waals surface area contributed by atoms with Crippen molar-refractivity contribution in [1.82, 2.24) is 19.7 Å². The van der Waals surface area contributed by atoms with Gasteiger partial charge in [-0.15, -0.1) is 0 Å². The zero-order valence-corrected chi connectivity index (χ0v) is 14.0. The van der Waals surface area contributed by atoms with Crippen LogP contribution in [0.4, 0.5) is 10.6 Å². The van der Waals surface area contributed by atoms with Crippen LogP contribution in [0, 0.1) is 0 Å². The molecule has 4 amide bonds. The van der Waals surface area contributed by atoms with Crippen molar-refractivity contribution in [1.29, 1.82) is 0 Å². The van der Waals surface area contributed by atoms with Gasteiger partial charge >= 0.3 is 6.03 Å². The predicted molar refractivity (Wildman–Crippen MR) is 87.6 cm³/mol. The summed E-state index contributed by atoms with van der Waals surface area (Å²) >= 11 is 0. The van der Waals surface area contributed by atoms with Gasteiger partial charge in [-0.05, 0) is 26.0 Å². The second kappa shape index (κ2) is 6.10. The minimum absolute atomic E-state index is 0.144. The summed E-state index contributed by atoms with van der Waals surface area (Å²) in [5.74, 6) is 0.0933. The Morgan fingerprint density at radius 1 is 1.33 bits per heavy atom. The predicted octanol–water partition coefficient (Wildman–Crippen LogP) is 0.620. The molecule has 1 aromatic rings. The maximum Gasteiger partial charge on any atom is 0.327 e. The summed E-state index contributed by atoms with van der Waals surface area (Å²) in [6.07, 6.45) is 1.63. The summed E-state index contributed by atoms with van der Waals surface area (Å²) in [5.41, 5.74) is 0.477. The number of hydrogen-bond acceptors (Lipinski definition) is 5. The average Bonchev–Trinajstić information content (AvgIpc) is 2.78. The lowest BCUT2D eigenvalue weighted by Crippen LogP contribution is -2.54. The highest BCUT2D eigenvalue weighted by Gasteiger charge is 2.46. The molecule has 3 heterocycles. The fourth-order valence-electron chi connectivity index (χ4n) is 3.05. The smallest absolute Gasteiger partial charge is 0.327 e. The second-order valence-electron chi connectivity index (χ2n) is 6.34. The topological polar surface area (TPSA) is 85.8 Å². The van der Waals surface area contributed by atoms with Crippen molar-refractivity contribution >= 4 is 23.7 Å². The van der Waals surface area contributed by atoms with Gasteiger partial charge in [0.05, 0.1) is 12.1 Å². The van der Waals surface area contributed by atoms with Crippen molar-refractivity contribution in [3.63, 3.8) is 0 Å². The minimum atomic E-state index is -0.585. The molecule has 0 saturated carbocycles. The molecule has 0 aliphatic carbocycles. The van der Waals surface area contributed by atoms with Crippen LogP contribution in [0.2, 0.25) is 0 Å². The third-order valence-electron chi connectivity index (χ3n) is 4.28. The minimum Gasteiger partial charge on any atom is -0.367 e. The number of aromatic nitrogens is 1. The summed E-state index contributed by atoms with van der Waals surface area (Å²) in [7, 11) is 1.47. The Hall–Kier alpha value is -2.64. The Labute approximate surface area is 140 Å². The van der Waals surface area contributed by atoms with Gasteiger partial charge in [-0.3, -0.25) is 14.5 Å². The summed E-state index contributed by atoms with van der Waals surface area (Å²) < 4.78 is 0. The molecule has 1 N–H and O–H groups in total. The van der Waals surface area contributed by atoms with Crippen molar-refractivity contribution in [2.75, 3.05) is 32.0 Å². The molecule has 0 spiro atoms. The fourth-order valence-corrected chi connectivity index (χ4v) is 3.05.